The van der Waals surface area contributed by atoms with Gasteiger partial charge in [-0.05, 0) is 42.3 Å². The van der Waals surface area contributed by atoms with Gasteiger partial charge in [0.15, 0.2) is 23.0 Å². The lowest BCUT2D eigenvalue weighted by molar-refractivity contribution is -0.354. The second-order valence-corrected chi connectivity index (χ2v) is 16.7. The third kappa shape index (κ3) is 7.11. The zero-order valence-corrected chi connectivity index (χ0v) is 34.6. The normalized spacial score (nSPS) is 33.4. The Kier molecular flexibility index (Phi) is 11.2. The maximum Gasteiger partial charge on any atom is 0.351 e. The van der Waals surface area contributed by atoms with E-state index >= 15 is 0 Å². The standard InChI is InChI=1S/C45H43N3O19/c46-29-5-4-19(17-48-29)23-14-21(13-22-3-1-9-47-22)45(65-28-16-27-31(33(53)30(23)28)24(50)15-26(63-27)20-11-18(6-10-49)32(52)25(51)12-20)39(59)36(56)38(58)44(67-45)8-2-7-43(41(60)61)37(57)34(54)35(55)40(66-43)64-42(44)62/h1,3-5,9,11-12,14-17,23,29,34-40,47-49,51-59H,6,8,10,13,46H2,(H,60,61)/t23-,29?,34+,35+,36-,37-,38-,39+,40-,43-,44-,45-/m0/s1. The topological polar surface area (TPSA) is 378 Å². The van der Waals surface area contributed by atoms with Crippen molar-refractivity contribution in [2.45, 2.75) is 91.2 Å². The Morgan fingerprint density at radius 2 is 1.73 bits per heavy atom. The van der Waals surface area contributed by atoms with Crippen molar-refractivity contribution in [2.24, 2.45) is 5.73 Å². The average Bonchev–Trinajstić information content (AvgIpc) is 3.78. The molecule has 0 radical (unpaired) electrons. The number of rotatable bonds is 7. The highest BCUT2D eigenvalue weighted by atomic mass is 16.8. The van der Waals surface area contributed by atoms with Crippen molar-refractivity contribution < 1.29 is 89.1 Å². The van der Waals surface area contributed by atoms with Crippen LogP contribution in [0.5, 0.6) is 23.0 Å². The number of aliphatic hydroxyl groups is 7. The van der Waals surface area contributed by atoms with Gasteiger partial charge < -0.3 is 95.6 Å². The smallest absolute Gasteiger partial charge is 0.351 e. The minimum absolute atomic E-state index is 0.0606. The molecule has 9 rings (SSSR count). The molecule has 15 N–H and O–H groups in total. The molecule has 22 nitrogen and oxygen atoms in total. The molecule has 2 aromatic carbocycles. The predicted molar refractivity (Wildman–Crippen MR) is 224 cm³/mol. The summed E-state index contributed by atoms with van der Waals surface area (Å²) in [7, 11) is 0. The lowest BCUT2D eigenvalue weighted by atomic mass is 9.77. The fourth-order valence-corrected chi connectivity index (χ4v) is 9.04. The van der Waals surface area contributed by atoms with Crippen molar-refractivity contribution >= 4 is 22.9 Å². The number of allylic oxidation sites excluding steroid dienone is 3. The Labute approximate surface area is 376 Å². The first-order chi connectivity index (χ1) is 31.8. The van der Waals surface area contributed by atoms with Gasteiger partial charge in [-0.2, -0.15) is 0 Å². The minimum Gasteiger partial charge on any atom is -0.507 e. The Hall–Kier alpha value is -6.75. The molecule has 0 saturated carbocycles. The van der Waals surface area contributed by atoms with Gasteiger partial charge >= 0.3 is 11.9 Å². The Morgan fingerprint density at radius 3 is 2.42 bits per heavy atom. The first kappa shape index (κ1) is 45.4. The third-order valence-electron chi connectivity index (χ3n) is 12.6. The fraction of sp³-hybridized carbons (Fsp3) is 0.356. The van der Waals surface area contributed by atoms with Crippen LogP contribution < -0.4 is 21.2 Å². The second-order valence-electron chi connectivity index (χ2n) is 16.7. The number of carboxylic acids is 1. The largest absolute Gasteiger partial charge is 0.507 e. The molecular weight excluding hydrogens is 886 g/mol. The summed E-state index contributed by atoms with van der Waals surface area (Å²) in [6, 6.07) is 7.87. The summed E-state index contributed by atoms with van der Waals surface area (Å²) in [5.41, 5.74) is -0.451. The number of aromatic amines is 1. The lowest BCUT2D eigenvalue weighted by Gasteiger charge is -2.53. The molecule has 352 valence electrons. The summed E-state index contributed by atoms with van der Waals surface area (Å²) >= 11 is 0. The van der Waals surface area contributed by atoms with Crippen molar-refractivity contribution in [1.82, 2.24) is 10.3 Å². The number of aromatic nitrogens is 1. The van der Waals surface area contributed by atoms with Crippen molar-refractivity contribution in [3.8, 4) is 46.2 Å². The number of esters is 1. The van der Waals surface area contributed by atoms with Crippen LogP contribution in [0.25, 0.3) is 22.3 Å². The molecule has 12 atom stereocenters. The fourth-order valence-electron chi connectivity index (χ4n) is 9.04. The molecule has 0 amide bonds. The van der Waals surface area contributed by atoms with Gasteiger partial charge in [-0.3, -0.25) is 4.79 Å². The molecule has 2 fully saturated rings. The van der Waals surface area contributed by atoms with Crippen LogP contribution in [-0.2, 0) is 36.6 Å². The maximum atomic E-state index is 14.6. The summed E-state index contributed by atoms with van der Waals surface area (Å²) in [4.78, 5) is 44.4. The molecule has 2 aromatic heterocycles. The van der Waals surface area contributed by atoms with E-state index in [0.717, 1.165) is 18.2 Å². The molecule has 5 aliphatic heterocycles. The van der Waals surface area contributed by atoms with Gasteiger partial charge in [0.2, 0.25) is 11.9 Å². The van der Waals surface area contributed by atoms with Crippen molar-refractivity contribution in [1.29, 1.82) is 0 Å². The minimum atomic E-state index is -3.02. The molecule has 2 saturated heterocycles. The Bertz CT molecular complexity index is 2900. The summed E-state index contributed by atoms with van der Waals surface area (Å²) in [6.07, 6.45) is -11.2. The van der Waals surface area contributed by atoms with E-state index in [1.165, 1.54) is 18.3 Å². The number of dihydropyridines is 1. The van der Waals surface area contributed by atoms with Crippen LogP contribution in [0.4, 0.5) is 0 Å². The number of aliphatic carboxylic acids is 1. The monoisotopic (exact) mass is 929 g/mol. The van der Waals surface area contributed by atoms with E-state index in [4.69, 9.17) is 29.1 Å². The highest BCUT2D eigenvalue weighted by Gasteiger charge is 2.69. The first-order valence-corrected chi connectivity index (χ1v) is 20.7. The molecule has 4 aromatic rings. The van der Waals surface area contributed by atoms with Gasteiger partial charge in [-0.1, -0.05) is 24.0 Å². The van der Waals surface area contributed by atoms with E-state index in [9.17, 15) is 70.6 Å². The van der Waals surface area contributed by atoms with Crippen LogP contribution in [-0.4, -0.2) is 146 Å². The summed E-state index contributed by atoms with van der Waals surface area (Å²) in [5, 5.41) is 124. The Balaban J connectivity index is 1.29. The number of carbonyl (C=O) groups excluding carboxylic acids is 1. The number of hydrogen-bond acceptors (Lipinski definition) is 20. The molecular formula is C45H43N3O19. The van der Waals surface area contributed by atoms with E-state index in [2.05, 4.69) is 22.1 Å². The SMILES string of the molecule is NC1C=CC([C@@H]2C=C(Cc3ccc[nH]3)[C@]3(Oc4cc5oc(-c6cc(O)c(O)c(CCO)c6)cc(=O)c5c(O)c42)O[C@@]2(CC#C[C@]4(C(=O)O)O[C@H](OC2=O)[C@H](O)[C@@H](O)[C@@H]4O)[C@@H](O)[C@H](O)[C@H]3O)=CN1. The van der Waals surface area contributed by atoms with E-state index in [1.807, 2.05) is 0 Å². The number of carbonyl (C=O) groups is 2. The quantitative estimate of drug-likeness (QED) is 0.0420. The number of phenols is 3. The molecule has 1 unspecified atom stereocenters. The van der Waals surface area contributed by atoms with Crippen LogP contribution in [0, 0.1) is 11.8 Å². The highest BCUT2D eigenvalue weighted by Crippen LogP contribution is 2.54. The third-order valence-corrected chi connectivity index (χ3v) is 12.6. The number of H-pyrrole nitrogens is 1. The number of nitrogens with two attached hydrogens (primary N) is 1. The number of fused-ring (bicyclic) bond motifs is 4. The summed E-state index contributed by atoms with van der Waals surface area (Å²) < 4.78 is 30.2. The van der Waals surface area contributed by atoms with Crippen molar-refractivity contribution in [3.05, 3.63) is 105 Å². The van der Waals surface area contributed by atoms with E-state index < -0.39 is 125 Å². The number of carboxylic acid groups (broad SMARTS) is 1. The lowest BCUT2D eigenvalue weighted by Crippen LogP contribution is -2.75. The number of benzene rings is 2. The van der Waals surface area contributed by atoms with Crippen LogP contribution in [0.1, 0.15) is 29.2 Å². The van der Waals surface area contributed by atoms with Crippen molar-refractivity contribution in [2.75, 3.05) is 6.61 Å². The van der Waals surface area contributed by atoms with Crippen LogP contribution in [0.2, 0.25) is 0 Å². The summed E-state index contributed by atoms with van der Waals surface area (Å²) in [6.45, 7) is -0.414. The number of ether oxygens (including phenoxy) is 4. The molecule has 67 heavy (non-hydrogen) atoms. The number of hydrogen-bond donors (Lipinski definition) is 14. The van der Waals surface area contributed by atoms with Crippen LogP contribution in [0.15, 0.2) is 87.4 Å². The number of aromatic hydroxyl groups is 3. The zero-order chi connectivity index (χ0) is 47.9. The number of aliphatic hydroxyl groups excluding tert-OH is 7. The highest BCUT2D eigenvalue weighted by molar-refractivity contribution is 5.90. The molecule has 0 aliphatic carbocycles. The van der Waals surface area contributed by atoms with Crippen LogP contribution >= 0.6 is 0 Å². The first-order valence-electron chi connectivity index (χ1n) is 20.7. The molecule has 22 heteroatoms. The molecule has 5 aliphatic rings. The van der Waals surface area contributed by atoms with E-state index in [0.29, 0.717) is 11.3 Å². The summed E-state index contributed by atoms with van der Waals surface area (Å²) in [5.74, 6) is -5.65. The predicted octanol–water partition coefficient (Wildman–Crippen LogP) is -1.83. The van der Waals surface area contributed by atoms with Gasteiger partial charge in [0.25, 0.3) is 11.4 Å². The van der Waals surface area contributed by atoms with Gasteiger partial charge in [0.05, 0.1) is 12.6 Å². The van der Waals surface area contributed by atoms with Gasteiger partial charge in [0.1, 0.15) is 58.7 Å². The van der Waals surface area contributed by atoms with E-state index in [-0.39, 0.29) is 51.8 Å². The maximum absolute atomic E-state index is 14.6. The van der Waals surface area contributed by atoms with Gasteiger partial charge in [-0.25, -0.2) is 9.59 Å². The van der Waals surface area contributed by atoms with Crippen LogP contribution in [0.3, 0.4) is 0 Å². The second kappa shape index (κ2) is 16.5. The average molecular weight is 930 g/mol. The molecule has 7 heterocycles. The Morgan fingerprint density at radius 1 is 0.955 bits per heavy atom. The molecule has 2 spiro atoms. The number of nitrogens with one attached hydrogen (secondary N) is 2. The van der Waals surface area contributed by atoms with E-state index in [1.54, 1.807) is 30.5 Å². The zero-order valence-electron chi connectivity index (χ0n) is 34.6. The number of phenolic OH excluding ortho intramolecular Hbond substituents is 3. The van der Waals surface area contributed by atoms with Gasteiger partial charge in [0, 0.05) is 71.4 Å². The van der Waals surface area contributed by atoms with Gasteiger partial charge in [-0.15, -0.1) is 0 Å². The molecule has 2 bridgehead atoms. The van der Waals surface area contributed by atoms with Crippen molar-refractivity contribution in [3.63, 3.8) is 0 Å².